The van der Waals surface area contributed by atoms with E-state index < -0.39 is 10.0 Å². The summed E-state index contributed by atoms with van der Waals surface area (Å²) in [5.74, 6) is -0.0993. The maximum atomic E-state index is 11.8. The molecule has 1 aromatic carbocycles. The molecular weight excluding hydrogens is 276 g/mol. The van der Waals surface area contributed by atoms with Gasteiger partial charge in [-0.15, -0.1) is 11.6 Å². The third kappa shape index (κ3) is 2.94. The molecule has 1 N–H and O–H groups in total. The first-order chi connectivity index (χ1) is 8.37. The standard InChI is InChI=1S/C11H13ClN2O3S/c1-18(16,17)13-9-4-2-3-5-10(9)14-7-8(12)6-11(14)15/h2-5,8,13H,6-7H2,1H3. The van der Waals surface area contributed by atoms with Crippen LogP contribution in [0.3, 0.4) is 0 Å². The van der Waals surface area contributed by atoms with Gasteiger partial charge in [0.15, 0.2) is 0 Å². The molecule has 1 heterocycles. The highest BCUT2D eigenvalue weighted by Gasteiger charge is 2.30. The SMILES string of the molecule is CS(=O)(=O)Nc1ccccc1N1CC(Cl)CC1=O. The monoisotopic (exact) mass is 288 g/mol. The Labute approximate surface area is 111 Å². The Hall–Kier alpha value is -1.27. The largest absolute Gasteiger partial charge is 0.309 e. The minimum Gasteiger partial charge on any atom is -0.309 e. The number of carbonyl (C=O) groups excluding carboxylic acids is 1. The quantitative estimate of drug-likeness (QED) is 0.855. The maximum absolute atomic E-state index is 11.8. The summed E-state index contributed by atoms with van der Waals surface area (Å²) in [4.78, 5) is 13.3. The summed E-state index contributed by atoms with van der Waals surface area (Å²) in [6.07, 6.45) is 1.34. The van der Waals surface area contributed by atoms with Crippen molar-refractivity contribution >= 4 is 38.9 Å². The predicted molar refractivity (Wildman–Crippen MR) is 71.5 cm³/mol. The number of halogens is 1. The second-order valence-corrected chi connectivity index (χ2v) is 6.56. The summed E-state index contributed by atoms with van der Waals surface area (Å²) in [6, 6.07) is 6.76. The highest BCUT2D eigenvalue weighted by atomic mass is 35.5. The van der Waals surface area contributed by atoms with E-state index in [-0.39, 0.29) is 17.7 Å². The Morgan fingerprint density at radius 2 is 2.06 bits per heavy atom. The lowest BCUT2D eigenvalue weighted by Gasteiger charge is -2.19. The zero-order valence-electron chi connectivity index (χ0n) is 9.76. The van der Waals surface area contributed by atoms with Crippen molar-refractivity contribution in [3.05, 3.63) is 24.3 Å². The van der Waals surface area contributed by atoms with E-state index in [0.717, 1.165) is 6.26 Å². The summed E-state index contributed by atoms with van der Waals surface area (Å²) in [6.45, 7) is 0.392. The molecule has 7 heteroatoms. The van der Waals surface area contributed by atoms with Crippen molar-refractivity contribution in [2.24, 2.45) is 0 Å². The van der Waals surface area contributed by atoms with Crippen LogP contribution in [-0.4, -0.2) is 32.5 Å². The molecular formula is C11H13ClN2O3S. The molecule has 0 saturated carbocycles. The zero-order chi connectivity index (χ0) is 13.3. The minimum absolute atomic E-state index is 0.0993. The Kier molecular flexibility index (Phi) is 3.49. The van der Waals surface area contributed by atoms with E-state index in [0.29, 0.717) is 17.9 Å². The van der Waals surface area contributed by atoms with Gasteiger partial charge in [0.05, 0.1) is 23.0 Å². The van der Waals surface area contributed by atoms with Crippen molar-refractivity contribution in [3.63, 3.8) is 0 Å². The van der Waals surface area contributed by atoms with Crippen molar-refractivity contribution in [2.75, 3.05) is 22.4 Å². The van der Waals surface area contributed by atoms with E-state index in [1.54, 1.807) is 24.3 Å². The molecule has 0 aromatic heterocycles. The predicted octanol–water partition coefficient (Wildman–Crippen LogP) is 1.40. The summed E-state index contributed by atoms with van der Waals surface area (Å²) < 4.78 is 24.9. The van der Waals surface area contributed by atoms with E-state index >= 15 is 0 Å². The lowest BCUT2D eigenvalue weighted by atomic mass is 10.2. The Balaban J connectivity index is 2.36. The first-order valence-corrected chi connectivity index (χ1v) is 7.71. The third-order valence-corrected chi connectivity index (χ3v) is 3.45. The number of amides is 1. The van der Waals surface area contributed by atoms with E-state index in [1.807, 2.05) is 0 Å². The highest BCUT2D eigenvalue weighted by Crippen LogP contribution is 2.31. The molecule has 1 atom stereocenters. The fourth-order valence-corrected chi connectivity index (χ4v) is 2.73. The fourth-order valence-electron chi connectivity index (χ4n) is 1.89. The smallest absolute Gasteiger partial charge is 0.229 e. The molecule has 1 unspecified atom stereocenters. The average Bonchev–Trinajstić information content (AvgIpc) is 2.56. The molecule has 1 aliphatic rings. The van der Waals surface area contributed by atoms with E-state index in [2.05, 4.69) is 4.72 Å². The molecule has 2 rings (SSSR count). The van der Waals surface area contributed by atoms with Gasteiger partial charge in [-0.3, -0.25) is 9.52 Å². The number of hydrogen-bond acceptors (Lipinski definition) is 3. The molecule has 5 nitrogen and oxygen atoms in total. The van der Waals surface area contributed by atoms with Crippen molar-refractivity contribution in [3.8, 4) is 0 Å². The van der Waals surface area contributed by atoms with Gasteiger partial charge in [0.25, 0.3) is 0 Å². The maximum Gasteiger partial charge on any atom is 0.229 e. The Bertz CT molecular complexity index is 573. The molecule has 1 amide bonds. The van der Waals surface area contributed by atoms with Gasteiger partial charge in [-0.25, -0.2) is 8.42 Å². The topological polar surface area (TPSA) is 66.5 Å². The molecule has 0 radical (unpaired) electrons. The van der Waals surface area contributed by atoms with Crippen LogP contribution in [0.4, 0.5) is 11.4 Å². The molecule has 0 aliphatic carbocycles. The summed E-state index contributed by atoms with van der Waals surface area (Å²) in [5, 5.41) is -0.233. The number of nitrogens with one attached hydrogen (secondary N) is 1. The number of sulfonamides is 1. The number of hydrogen-bond donors (Lipinski definition) is 1. The van der Waals surface area contributed by atoms with Crippen molar-refractivity contribution in [2.45, 2.75) is 11.8 Å². The Morgan fingerprint density at radius 1 is 1.39 bits per heavy atom. The van der Waals surface area contributed by atoms with Crippen LogP contribution in [-0.2, 0) is 14.8 Å². The van der Waals surface area contributed by atoms with E-state index in [1.165, 1.54) is 4.90 Å². The fraction of sp³-hybridized carbons (Fsp3) is 0.364. The first kappa shape index (κ1) is 13.2. The molecule has 0 spiro atoms. The lowest BCUT2D eigenvalue weighted by molar-refractivity contribution is -0.117. The molecule has 1 saturated heterocycles. The van der Waals surface area contributed by atoms with Crippen molar-refractivity contribution in [1.82, 2.24) is 0 Å². The lowest BCUT2D eigenvalue weighted by Crippen LogP contribution is -2.26. The minimum atomic E-state index is -3.38. The number of carbonyl (C=O) groups is 1. The second-order valence-electron chi connectivity index (χ2n) is 4.20. The van der Waals surface area contributed by atoms with Gasteiger partial charge in [-0.05, 0) is 12.1 Å². The van der Waals surface area contributed by atoms with Crippen LogP contribution >= 0.6 is 11.6 Å². The molecule has 0 bridgehead atoms. The number of benzene rings is 1. The van der Waals surface area contributed by atoms with Crippen LogP contribution in [0.1, 0.15) is 6.42 Å². The summed E-state index contributed by atoms with van der Waals surface area (Å²) in [5.41, 5.74) is 0.926. The van der Waals surface area contributed by atoms with Crippen LogP contribution in [0.2, 0.25) is 0 Å². The Morgan fingerprint density at radius 3 is 2.61 bits per heavy atom. The van der Waals surface area contributed by atoms with Crippen LogP contribution in [0.15, 0.2) is 24.3 Å². The molecule has 1 aromatic rings. The van der Waals surface area contributed by atoms with Crippen molar-refractivity contribution < 1.29 is 13.2 Å². The summed E-state index contributed by atoms with van der Waals surface area (Å²) >= 11 is 5.94. The van der Waals surface area contributed by atoms with Gasteiger partial charge >= 0.3 is 0 Å². The normalized spacial score (nSPS) is 20.2. The van der Waals surface area contributed by atoms with E-state index in [9.17, 15) is 13.2 Å². The number of nitrogens with zero attached hydrogens (tertiary/aromatic N) is 1. The highest BCUT2D eigenvalue weighted by molar-refractivity contribution is 7.92. The summed E-state index contributed by atoms with van der Waals surface area (Å²) in [7, 11) is -3.38. The van der Waals surface area contributed by atoms with Gasteiger partial charge in [-0.2, -0.15) is 0 Å². The van der Waals surface area contributed by atoms with Gasteiger partial charge < -0.3 is 4.90 Å². The first-order valence-electron chi connectivity index (χ1n) is 5.38. The number of alkyl halides is 1. The number of para-hydroxylation sites is 2. The van der Waals surface area contributed by atoms with Crippen LogP contribution < -0.4 is 9.62 Å². The van der Waals surface area contributed by atoms with Gasteiger partial charge in [0.2, 0.25) is 15.9 Å². The van der Waals surface area contributed by atoms with Crippen LogP contribution in [0, 0.1) is 0 Å². The second kappa shape index (κ2) is 4.78. The molecule has 1 fully saturated rings. The van der Waals surface area contributed by atoms with Gasteiger partial charge in [-0.1, -0.05) is 12.1 Å². The van der Waals surface area contributed by atoms with Gasteiger partial charge in [0.1, 0.15) is 0 Å². The third-order valence-electron chi connectivity index (χ3n) is 2.57. The molecule has 98 valence electrons. The zero-order valence-corrected chi connectivity index (χ0v) is 11.3. The molecule has 18 heavy (non-hydrogen) atoms. The molecule has 1 aliphatic heterocycles. The number of anilines is 2. The average molecular weight is 289 g/mol. The van der Waals surface area contributed by atoms with Crippen molar-refractivity contribution in [1.29, 1.82) is 0 Å². The van der Waals surface area contributed by atoms with E-state index in [4.69, 9.17) is 11.6 Å². The van der Waals surface area contributed by atoms with Crippen LogP contribution in [0.5, 0.6) is 0 Å². The number of rotatable bonds is 3. The van der Waals surface area contributed by atoms with Gasteiger partial charge in [0, 0.05) is 13.0 Å². The van der Waals surface area contributed by atoms with Crippen LogP contribution in [0.25, 0.3) is 0 Å².